The number of hydrogen-bond donors (Lipinski definition) is 3. The zero-order valence-corrected chi connectivity index (χ0v) is 17.1. The number of halogens is 1. The third kappa shape index (κ3) is 4.56. The lowest BCUT2D eigenvalue weighted by atomic mass is 9.91. The molecule has 2 aromatic carbocycles. The molecule has 0 bridgehead atoms. The molecule has 29 heavy (non-hydrogen) atoms. The second-order valence-electron chi connectivity index (χ2n) is 7.99. The summed E-state index contributed by atoms with van der Waals surface area (Å²) < 4.78 is 14.7. The third-order valence-corrected chi connectivity index (χ3v) is 4.58. The van der Waals surface area contributed by atoms with Crippen molar-refractivity contribution >= 4 is 17.5 Å². The normalized spacial score (nSPS) is 11.3. The van der Waals surface area contributed by atoms with Crippen molar-refractivity contribution in [2.45, 2.75) is 39.7 Å². The molecule has 1 heterocycles. The van der Waals surface area contributed by atoms with Crippen molar-refractivity contribution in [3.8, 4) is 5.69 Å². The molecule has 1 aromatic heterocycles. The van der Waals surface area contributed by atoms with Crippen LogP contribution in [-0.4, -0.2) is 15.8 Å². The van der Waals surface area contributed by atoms with Gasteiger partial charge < -0.3 is 16.4 Å². The largest absolute Gasteiger partial charge is 0.382 e. The number of nitrogens with zero attached hydrogens (tertiary/aromatic N) is 2. The highest BCUT2D eigenvalue weighted by atomic mass is 19.1. The summed E-state index contributed by atoms with van der Waals surface area (Å²) in [6.45, 7) is 8.29. The van der Waals surface area contributed by atoms with Crippen molar-refractivity contribution in [2.24, 2.45) is 0 Å². The number of urea groups is 1. The van der Waals surface area contributed by atoms with E-state index in [9.17, 15) is 9.18 Å². The summed E-state index contributed by atoms with van der Waals surface area (Å²) in [6.07, 6.45) is 0. The fourth-order valence-corrected chi connectivity index (χ4v) is 3.01. The van der Waals surface area contributed by atoms with Crippen molar-refractivity contribution < 1.29 is 9.18 Å². The first kappa shape index (κ1) is 20.4. The van der Waals surface area contributed by atoms with E-state index in [1.54, 1.807) is 16.8 Å². The molecule has 3 rings (SSSR count). The van der Waals surface area contributed by atoms with Crippen LogP contribution in [0.1, 0.15) is 37.6 Å². The van der Waals surface area contributed by atoms with E-state index in [0.29, 0.717) is 17.2 Å². The van der Waals surface area contributed by atoms with Gasteiger partial charge in [0.15, 0.2) is 5.82 Å². The van der Waals surface area contributed by atoms with Crippen LogP contribution in [0.3, 0.4) is 0 Å². The minimum atomic E-state index is -0.407. The molecule has 2 amide bonds. The highest BCUT2D eigenvalue weighted by molar-refractivity contribution is 5.93. The predicted octanol–water partition coefficient (Wildman–Crippen LogP) is 4.52. The summed E-state index contributed by atoms with van der Waals surface area (Å²) in [7, 11) is 0. The molecule has 0 fully saturated rings. The van der Waals surface area contributed by atoms with Crippen LogP contribution in [0.15, 0.2) is 48.5 Å². The maximum absolute atomic E-state index is 13.0. The number of para-hydroxylation sites is 1. The zero-order valence-electron chi connectivity index (χ0n) is 17.1. The molecular formula is C22H26FN5O. The van der Waals surface area contributed by atoms with Gasteiger partial charge in [0.1, 0.15) is 11.5 Å². The summed E-state index contributed by atoms with van der Waals surface area (Å²) in [5.41, 5.74) is 9.90. The smallest absolute Gasteiger partial charge is 0.319 e. The summed E-state index contributed by atoms with van der Waals surface area (Å²) in [5.74, 6) is 0.0468. The molecule has 152 valence electrons. The average molecular weight is 395 g/mol. The minimum absolute atomic E-state index is 0.267. The van der Waals surface area contributed by atoms with Crippen LogP contribution in [0.25, 0.3) is 5.69 Å². The average Bonchev–Trinajstić information content (AvgIpc) is 2.98. The molecule has 0 aliphatic heterocycles. The highest BCUT2D eigenvalue weighted by Crippen LogP contribution is 2.35. The van der Waals surface area contributed by atoms with Crippen LogP contribution in [0.4, 0.5) is 20.7 Å². The van der Waals surface area contributed by atoms with Gasteiger partial charge >= 0.3 is 6.03 Å². The van der Waals surface area contributed by atoms with Gasteiger partial charge in [-0.2, -0.15) is 5.10 Å². The molecule has 0 aliphatic carbocycles. The number of hydrogen-bond acceptors (Lipinski definition) is 3. The van der Waals surface area contributed by atoms with Gasteiger partial charge in [-0.3, -0.25) is 0 Å². The molecule has 0 unspecified atom stereocenters. The van der Waals surface area contributed by atoms with Crippen molar-refractivity contribution in [1.82, 2.24) is 15.1 Å². The first-order valence-corrected chi connectivity index (χ1v) is 9.41. The summed E-state index contributed by atoms with van der Waals surface area (Å²) in [6, 6.07) is 13.3. The number of anilines is 2. The van der Waals surface area contributed by atoms with Crippen LogP contribution < -0.4 is 16.4 Å². The molecule has 0 radical (unpaired) electrons. The van der Waals surface area contributed by atoms with Crippen LogP contribution >= 0.6 is 0 Å². The van der Waals surface area contributed by atoms with E-state index < -0.39 is 6.03 Å². The first-order chi connectivity index (χ1) is 13.7. The van der Waals surface area contributed by atoms with Gasteiger partial charge in [-0.1, -0.05) is 51.1 Å². The van der Waals surface area contributed by atoms with Crippen molar-refractivity contribution in [3.05, 3.63) is 71.2 Å². The SMILES string of the molecule is Cc1ccccc1-n1nc(C(C)(C)C)c(NC(=O)NCc2ccc(F)cc2)c1N. The van der Waals surface area contributed by atoms with E-state index in [1.807, 2.05) is 52.0 Å². The molecule has 6 nitrogen and oxygen atoms in total. The number of nitrogens with one attached hydrogen (secondary N) is 2. The van der Waals surface area contributed by atoms with Gasteiger partial charge in [0.25, 0.3) is 0 Å². The number of aryl methyl sites for hydroxylation is 1. The topological polar surface area (TPSA) is 85.0 Å². The lowest BCUT2D eigenvalue weighted by Gasteiger charge is -2.18. The van der Waals surface area contributed by atoms with Crippen LogP contribution in [-0.2, 0) is 12.0 Å². The number of carbonyl (C=O) groups is 1. The predicted molar refractivity (Wildman–Crippen MR) is 114 cm³/mol. The Labute approximate surface area is 169 Å². The molecule has 0 atom stereocenters. The van der Waals surface area contributed by atoms with Crippen molar-refractivity contribution in [3.63, 3.8) is 0 Å². The number of carbonyl (C=O) groups excluding carboxylic acids is 1. The van der Waals surface area contributed by atoms with Gasteiger partial charge in [0, 0.05) is 12.0 Å². The van der Waals surface area contributed by atoms with E-state index in [2.05, 4.69) is 10.6 Å². The maximum Gasteiger partial charge on any atom is 0.319 e. The van der Waals surface area contributed by atoms with Crippen molar-refractivity contribution in [1.29, 1.82) is 0 Å². The number of nitrogens with two attached hydrogens (primary N) is 1. The molecule has 0 saturated carbocycles. The van der Waals surface area contributed by atoms with E-state index in [1.165, 1.54) is 12.1 Å². The molecular weight excluding hydrogens is 369 g/mol. The summed E-state index contributed by atoms with van der Waals surface area (Å²) in [5, 5.41) is 10.3. The van der Waals surface area contributed by atoms with E-state index in [4.69, 9.17) is 10.8 Å². The van der Waals surface area contributed by atoms with Gasteiger partial charge in [-0.25, -0.2) is 13.9 Å². The number of benzene rings is 2. The first-order valence-electron chi connectivity index (χ1n) is 9.41. The number of rotatable bonds is 4. The van der Waals surface area contributed by atoms with Crippen LogP contribution in [0.5, 0.6) is 0 Å². The van der Waals surface area contributed by atoms with Crippen LogP contribution in [0.2, 0.25) is 0 Å². The standard InChI is InChI=1S/C22H26FN5O/c1-14-7-5-6-8-17(14)28-20(24)18(19(27-28)22(2,3)4)26-21(29)25-13-15-9-11-16(23)12-10-15/h5-12H,13,24H2,1-4H3,(H2,25,26,29). The Morgan fingerprint density at radius 1 is 1.14 bits per heavy atom. The van der Waals surface area contributed by atoms with Gasteiger partial charge in [-0.05, 0) is 36.2 Å². The Morgan fingerprint density at radius 2 is 1.79 bits per heavy atom. The van der Waals surface area contributed by atoms with E-state index >= 15 is 0 Å². The Hall–Kier alpha value is -3.35. The quantitative estimate of drug-likeness (QED) is 0.607. The molecule has 0 spiro atoms. The molecule has 7 heteroatoms. The number of aromatic nitrogens is 2. The van der Waals surface area contributed by atoms with E-state index in [0.717, 1.165) is 16.8 Å². The molecule has 0 saturated heterocycles. The molecule has 4 N–H and O–H groups in total. The highest BCUT2D eigenvalue weighted by Gasteiger charge is 2.27. The fraction of sp³-hybridized carbons (Fsp3) is 0.273. The second-order valence-corrected chi connectivity index (χ2v) is 7.99. The Morgan fingerprint density at radius 3 is 2.41 bits per heavy atom. The Bertz CT molecular complexity index is 1020. The second kappa shape index (κ2) is 7.95. The van der Waals surface area contributed by atoms with Crippen molar-refractivity contribution in [2.75, 3.05) is 11.1 Å². The monoisotopic (exact) mass is 395 g/mol. The fourth-order valence-electron chi connectivity index (χ4n) is 3.01. The lowest BCUT2D eigenvalue weighted by Crippen LogP contribution is -2.29. The lowest BCUT2D eigenvalue weighted by molar-refractivity contribution is 0.251. The number of nitrogen functional groups attached to an aromatic ring is 1. The Kier molecular flexibility index (Phi) is 5.59. The summed E-state index contributed by atoms with van der Waals surface area (Å²) >= 11 is 0. The van der Waals surface area contributed by atoms with Crippen LogP contribution in [0, 0.1) is 12.7 Å². The van der Waals surface area contributed by atoms with Gasteiger partial charge in [0.2, 0.25) is 0 Å². The Balaban J connectivity index is 1.86. The van der Waals surface area contributed by atoms with Gasteiger partial charge in [0.05, 0.1) is 11.4 Å². The van der Waals surface area contributed by atoms with Gasteiger partial charge in [-0.15, -0.1) is 0 Å². The maximum atomic E-state index is 13.0. The number of amides is 2. The third-order valence-electron chi connectivity index (χ3n) is 4.58. The minimum Gasteiger partial charge on any atom is -0.382 e. The zero-order chi connectivity index (χ0) is 21.2. The molecule has 0 aliphatic rings. The van der Waals surface area contributed by atoms with E-state index in [-0.39, 0.29) is 17.8 Å². The summed E-state index contributed by atoms with van der Waals surface area (Å²) in [4.78, 5) is 12.5. The molecule has 3 aromatic rings.